The van der Waals surface area contributed by atoms with E-state index in [4.69, 9.17) is 0 Å². The third kappa shape index (κ3) is 4.56. The summed E-state index contributed by atoms with van der Waals surface area (Å²) in [5.41, 5.74) is 2.83. The maximum Gasteiger partial charge on any atom is 0.186 e. The van der Waals surface area contributed by atoms with Crippen molar-refractivity contribution in [3.63, 3.8) is 0 Å². The van der Waals surface area contributed by atoms with Crippen LogP contribution in [0.15, 0.2) is 30.6 Å². The van der Waals surface area contributed by atoms with Gasteiger partial charge in [0.15, 0.2) is 11.6 Å². The Morgan fingerprint density at radius 2 is 1.81 bits per heavy atom. The molecule has 144 valence electrons. The van der Waals surface area contributed by atoms with Gasteiger partial charge in [0.2, 0.25) is 0 Å². The summed E-state index contributed by atoms with van der Waals surface area (Å²) in [5, 5.41) is 3.09. The van der Waals surface area contributed by atoms with Crippen LogP contribution in [0.25, 0.3) is 0 Å². The molecule has 0 spiro atoms. The van der Waals surface area contributed by atoms with E-state index >= 15 is 0 Å². The first-order valence-electron chi connectivity index (χ1n) is 10.0. The van der Waals surface area contributed by atoms with Gasteiger partial charge in [-0.3, -0.25) is 4.90 Å². The van der Waals surface area contributed by atoms with Crippen LogP contribution in [-0.2, 0) is 13.0 Å². The Labute approximate surface area is 160 Å². The van der Waals surface area contributed by atoms with Crippen LogP contribution >= 0.6 is 0 Å². The van der Waals surface area contributed by atoms with E-state index < -0.39 is 0 Å². The van der Waals surface area contributed by atoms with Gasteiger partial charge in [0.25, 0.3) is 0 Å². The summed E-state index contributed by atoms with van der Waals surface area (Å²) in [7, 11) is 0. The van der Waals surface area contributed by atoms with Crippen molar-refractivity contribution in [2.24, 2.45) is 5.92 Å². The molecule has 0 unspecified atom stereocenters. The number of aryl methyl sites for hydroxylation is 1. The molecule has 6 heteroatoms. The number of piperazine rings is 1. The Morgan fingerprint density at radius 3 is 2.48 bits per heavy atom. The number of benzene rings is 1. The second kappa shape index (κ2) is 8.21. The molecule has 1 N–H and O–H groups in total. The molecule has 0 bridgehead atoms. The van der Waals surface area contributed by atoms with Gasteiger partial charge in [0, 0.05) is 45.0 Å². The number of rotatable bonds is 7. The maximum atomic E-state index is 14.2. The highest BCUT2D eigenvalue weighted by molar-refractivity contribution is 5.49. The van der Waals surface area contributed by atoms with E-state index in [1.807, 2.05) is 6.92 Å². The molecule has 5 nitrogen and oxygen atoms in total. The van der Waals surface area contributed by atoms with Gasteiger partial charge in [0.05, 0.1) is 5.69 Å². The lowest BCUT2D eigenvalue weighted by Gasteiger charge is -2.36. The number of hydrogen-bond donors (Lipinski definition) is 1. The molecule has 4 rings (SSSR count). The lowest BCUT2D eigenvalue weighted by molar-refractivity contribution is 0.248. The van der Waals surface area contributed by atoms with Crippen LogP contribution in [0.5, 0.6) is 0 Å². The van der Waals surface area contributed by atoms with Crippen molar-refractivity contribution in [3.8, 4) is 0 Å². The highest BCUT2D eigenvalue weighted by Crippen LogP contribution is 2.30. The van der Waals surface area contributed by atoms with Gasteiger partial charge in [-0.15, -0.1) is 0 Å². The fourth-order valence-corrected chi connectivity index (χ4v) is 3.64. The third-order valence-electron chi connectivity index (χ3n) is 5.54. The number of hydrogen-bond acceptors (Lipinski definition) is 5. The van der Waals surface area contributed by atoms with Crippen LogP contribution in [0, 0.1) is 11.7 Å². The largest absolute Gasteiger partial charge is 0.369 e. The molecule has 1 aromatic carbocycles. The number of aromatic nitrogens is 2. The van der Waals surface area contributed by atoms with E-state index in [2.05, 4.69) is 49.4 Å². The molecule has 1 aliphatic carbocycles. The van der Waals surface area contributed by atoms with Crippen molar-refractivity contribution in [1.82, 2.24) is 14.9 Å². The van der Waals surface area contributed by atoms with Gasteiger partial charge in [-0.1, -0.05) is 19.1 Å². The minimum Gasteiger partial charge on any atom is -0.369 e. The summed E-state index contributed by atoms with van der Waals surface area (Å²) in [6.07, 6.45) is 4.82. The van der Waals surface area contributed by atoms with Crippen LogP contribution in [0.1, 0.15) is 31.0 Å². The molecule has 1 saturated heterocycles. The average molecular weight is 369 g/mol. The van der Waals surface area contributed by atoms with Crippen molar-refractivity contribution in [2.75, 3.05) is 42.9 Å². The molecule has 2 heterocycles. The Balaban J connectivity index is 1.30. The molecule has 2 aromatic rings. The van der Waals surface area contributed by atoms with Crippen molar-refractivity contribution >= 4 is 11.5 Å². The van der Waals surface area contributed by atoms with Crippen molar-refractivity contribution in [2.45, 2.75) is 32.7 Å². The molecule has 1 saturated carbocycles. The predicted octanol–water partition coefficient (Wildman–Crippen LogP) is 3.32. The lowest BCUT2D eigenvalue weighted by atomic mass is 10.1. The Kier molecular flexibility index (Phi) is 5.53. The summed E-state index contributed by atoms with van der Waals surface area (Å²) < 4.78 is 14.2. The number of anilines is 2. The fraction of sp³-hybridized carbons (Fsp3) is 0.524. The molecule has 27 heavy (non-hydrogen) atoms. The van der Waals surface area contributed by atoms with Gasteiger partial charge in [0.1, 0.15) is 6.33 Å². The van der Waals surface area contributed by atoms with Gasteiger partial charge < -0.3 is 10.2 Å². The van der Waals surface area contributed by atoms with Crippen molar-refractivity contribution in [3.05, 3.63) is 47.7 Å². The second-order valence-corrected chi connectivity index (χ2v) is 7.59. The SMILES string of the molecule is CCc1ncnc(NCc2ccc(N3CCN(CC4CC4)CC3)cc2)c1F. The van der Waals surface area contributed by atoms with Crippen LogP contribution in [0.4, 0.5) is 15.9 Å². The summed E-state index contributed by atoms with van der Waals surface area (Å²) in [6.45, 7) is 8.23. The molecular weight excluding hydrogens is 341 g/mol. The third-order valence-corrected chi connectivity index (χ3v) is 5.54. The van der Waals surface area contributed by atoms with Crippen molar-refractivity contribution < 1.29 is 4.39 Å². The molecule has 2 fully saturated rings. The normalized spacial score (nSPS) is 17.9. The fourth-order valence-electron chi connectivity index (χ4n) is 3.64. The number of halogens is 1. The molecule has 1 aromatic heterocycles. The van der Waals surface area contributed by atoms with Crippen LogP contribution in [0.3, 0.4) is 0 Å². The summed E-state index contributed by atoms with van der Waals surface area (Å²) in [6, 6.07) is 8.56. The maximum absolute atomic E-state index is 14.2. The van der Waals surface area contributed by atoms with E-state index in [9.17, 15) is 4.39 Å². The van der Waals surface area contributed by atoms with Crippen LogP contribution in [-0.4, -0.2) is 47.6 Å². The van der Waals surface area contributed by atoms with Gasteiger partial charge in [-0.25, -0.2) is 14.4 Å². The monoisotopic (exact) mass is 369 g/mol. The first-order chi connectivity index (χ1) is 13.2. The highest BCUT2D eigenvalue weighted by Gasteiger charge is 2.26. The minimum atomic E-state index is -0.347. The van der Waals surface area contributed by atoms with Gasteiger partial charge in [-0.05, 0) is 42.9 Å². The Hall–Kier alpha value is -2.21. The standard InChI is InChI=1S/C21H28FN5/c1-2-19-20(22)21(25-15-24-19)23-13-16-5-7-18(8-6-16)27-11-9-26(10-12-27)14-17-3-4-17/h5-8,15,17H,2-4,9-14H2,1H3,(H,23,24,25). The number of nitrogens with zero attached hydrogens (tertiary/aromatic N) is 4. The molecule has 2 aliphatic rings. The molecule has 0 atom stereocenters. The molecule has 0 amide bonds. The van der Waals surface area contributed by atoms with E-state index in [0.717, 1.165) is 37.7 Å². The van der Waals surface area contributed by atoms with E-state index in [0.29, 0.717) is 18.7 Å². The topological polar surface area (TPSA) is 44.3 Å². The smallest absolute Gasteiger partial charge is 0.186 e. The zero-order valence-electron chi connectivity index (χ0n) is 16.0. The second-order valence-electron chi connectivity index (χ2n) is 7.59. The molecular formula is C21H28FN5. The highest BCUT2D eigenvalue weighted by atomic mass is 19.1. The predicted molar refractivity (Wildman–Crippen MR) is 107 cm³/mol. The quantitative estimate of drug-likeness (QED) is 0.811. The minimum absolute atomic E-state index is 0.276. The summed E-state index contributed by atoms with van der Waals surface area (Å²) in [5.74, 6) is 0.898. The van der Waals surface area contributed by atoms with Gasteiger partial charge >= 0.3 is 0 Å². The molecule has 0 radical (unpaired) electrons. The first kappa shape index (κ1) is 18.2. The Morgan fingerprint density at radius 1 is 1.07 bits per heavy atom. The zero-order chi connectivity index (χ0) is 18.6. The number of nitrogens with one attached hydrogen (secondary N) is 1. The summed E-state index contributed by atoms with van der Waals surface area (Å²) in [4.78, 5) is 13.0. The van der Waals surface area contributed by atoms with Crippen LogP contribution in [0.2, 0.25) is 0 Å². The van der Waals surface area contributed by atoms with E-state index in [-0.39, 0.29) is 11.6 Å². The molecule has 1 aliphatic heterocycles. The first-order valence-corrected chi connectivity index (χ1v) is 10.0. The summed E-state index contributed by atoms with van der Waals surface area (Å²) >= 11 is 0. The van der Waals surface area contributed by atoms with Crippen LogP contribution < -0.4 is 10.2 Å². The van der Waals surface area contributed by atoms with E-state index in [1.54, 1.807) is 0 Å². The Bertz CT molecular complexity index is 752. The zero-order valence-corrected chi connectivity index (χ0v) is 16.0. The van der Waals surface area contributed by atoms with Crippen molar-refractivity contribution in [1.29, 1.82) is 0 Å². The van der Waals surface area contributed by atoms with Gasteiger partial charge in [-0.2, -0.15) is 0 Å². The lowest BCUT2D eigenvalue weighted by Crippen LogP contribution is -2.47. The van der Waals surface area contributed by atoms with E-state index in [1.165, 1.54) is 31.4 Å². The average Bonchev–Trinajstić information content (AvgIpc) is 3.52.